The average molecular weight is 355 g/mol. The second-order valence-corrected chi connectivity index (χ2v) is 6.18. The summed E-state index contributed by atoms with van der Waals surface area (Å²) in [6.45, 7) is 4.09. The Morgan fingerprint density at radius 2 is 1.92 bits per heavy atom. The lowest BCUT2D eigenvalue weighted by atomic mass is 10.2. The third kappa shape index (κ3) is 4.19. The predicted octanol–water partition coefficient (Wildman–Crippen LogP) is 4.19. The number of anilines is 2. The molecule has 3 rings (SSSR count). The van der Waals surface area contributed by atoms with Gasteiger partial charge < -0.3 is 10.6 Å². The van der Waals surface area contributed by atoms with Crippen LogP contribution in [0.15, 0.2) is 54.6 Å². The summed E-state index contributed by atoms with van der Waals surface area (Å²) in [6.07, 6.45) is 0. The number of rotatable bonds is 5. The first-order valence-corrected chi connectivity index (χ1v) is 8.33. The van der Waals surface area contributed by atoms with Gasteiger partial charge in [-0.15, -0.1) is 0 Å². The molecule has 5 nitrogen and oxygen atoms in total. The van der Waals surface area contributed by atoms with Crippen molar-refractivity contribution in [2.45, 2.75) is 13.8 Å². The Labute approximate surface area is 151 Å². The molecule has 2 aromatic carbocycles. The molecule has 128 valence electrons. The van der Waals surface area contributed by atoms with Gasteiger partial charge in [-0.25, -0.2) is 4.68 Å². The number of aryl methyl sites for hydroxylation is 2. The zero-order valence-electron chi connectivity index (χ0n) is 14.1. The van der Waals surface area contributed by atoms with E-state index in [2.05, 4.69) is 15.7 Å². The van der Waals surface area contributed by atoms with Gasteiger partial charge in [0.1, 0.15) is 0 Å². The Morgan fingerprint density at radius 3 is 2.64 bits per heavy atom. The van der Waals surface area contributed by atoms with E-state index in [9.17, 15) is 4.79 Å². The van der Waals surface area contributed by atoms with Gasteiger partial charge in [-0.3, -0.25) is 4.79 Å². The largest absolute Gasteiger partial charge is 0.375 e. The lowest BCUT2D eigenvalue weighted by Gasteiger charge is -2.10. The van der Waals surface area contributed by atoms with E-state index in [0.717, 1.165) is 28.5 Å². The highest BCUT2D eigenvalue weighted by molar-refractivity contribution is 6.33. The molecule has 0 fully saturated rings. The van der Waals surface area contributed by atoms with E-state index in [-0.39, 0.29) is 12.5 Å². The van der Waals surface area contributed by atoms with Gasteiger partial charge in [0.25, 0.3) is 0 Å². The van der Waals surface area contributed by atoms with Gasteiger partial charge >= 0.3 is 0 Å². The van der Waals surface area contributed by atoms with E-state index in [0.29, 0.717) is 5.02 Å². The van der Waals surface area contributed by atoms with E-state index in [1.54, 1.807) is 6.07 Å². The van der Waals surface area contributed by atoms with Crippen LogP contribution in [0, 0.1) is 13.8 Å². The van der Waals surface area contributed by atoms with Crippen molar-refractivity contribution < 1.29 is 4.79 Å². The molecule has 0 spiro atoms. The summed E-state index contributed by atoms with van der Waals surface area (Å²) >= 11 is 6.07. The lowest BCUT2D eigenvalue weighted by molar-refractivity contribution is -0.114. The Bertz CT molecular complexity index is 904. The highest BCUT2D eigenvalue weighted by Gasteiger charge is 2.07. The van der Waals surface area contributed by atoms with Gasteiger partial charge in [0.2, 0.25) is 5.91 Å². The van der Waals surface area contributed by atoms with Crippen molar-refractivity contribution in [1.29, 1.82) is 0 Å². The van der Waals surface area contributed by atoms with E-state index < -0.39 is 0 Å². The van der Waals surface area contributed by atoms with E-state index in [1.165, 1.54) is 0 Å². The fourth-order valence-corrected chi connectivity index (χ4v) is 2.79. The van der Waals surface area contributed by atoms with Crippen molar-refractivity contribution in [1.82, 2.24) is 9.78 Å². The third-order valence-corrected chi connectivity index (χ3v) is 4.03. The van der Waals surface area contributed by atoms with Crippen LogP contribution in [0.1, 0.15) is 11.4 Å². The molecular formula is C19H19ClN4O. The van der Waals surface area contributed by atoms with Crippen LogP contribution in [0.4, 0.5) is 11.4 Å². The number of amides is 1. The van der Waals surface area contributed by atoms with Crippen molar-refractivity contribution in [2.75, 3.05) is 17.2 Å². The molecule has 25 heavy (non-hydrogen) atoms. The number of benzene rings is 2. The van der Waals surface area contributed by atoms with Crippen LogP contribution in [-0.2, 0) is 4.79 Å². The van der Waals surface area contributed by atoms with Crippen molar-refractivity contribution in [3.05, 3.63) is 71.0 Å². The zero-order valence-corrected chi connectivity index (χ0v) is 14.8. The molecule has 0 saturated carbocycles. The summed E-state index contributed by atoms with van der Waals surface area (Å²) in [5, 5.41) is 11.0. The Kier molecular flexibility index (Phi) is 5.05. The first-order chi connectivity index (χ1) is 12.0. The third-order valence-electron chi connectivity index (χ3n) is 3.70. The fraction of sp³-hybridized carbons (Fsp3) is 0.158. The number of halogens is 1. The molecule has 3 aromatic rings. The molecule has 0 aliphatic heterocycles. The minimum atomic E-state index is -0.148. The first-order valence-electron chi connectivity index (χ1n) is 7.95. The molecular weight excluding hydrogens is 336 g/mol. The van der Waals surface area contributed by atoms with Crippen LogP contribution in [0.3, 0.4) is 0 Å². The maximum atomic E-state index is 12.2. The van der Waals surface area contributed by atoms with Crippen LogP contribution in [0.5, 0.6) is 0 Å². The summed E-state index contributed by atoms with van der Waals surface area (Å²) in [6, 6.07) is 16.9. The van der Waals surface area contributed by atoms with Gasteiger partial charge in [-0.1, -0.05) is 29.8 Å². The van der Waals surface area contributed by atoms with Gasteiger partial charge in [0.05, 0.1) is 28.6 Å². The first kappa shape index (κ1) is 17.0. The number of aromatic nitrogens is 2. The molecule has 1 heterocycles. The van der Waals surface area contributed by atoms with Crippen molar-refractivity contribution in [3.63, 3.8) is 0 Å². The SMILES string of the molecule is Cc1cc(C)n(-c2cccc(NC(=O)CNc3ccccc3Cl)c2)n1. The normalized spacial score (nSPS) is 10.5. The number of hydrogen-bond acceptors (Lipinski definition) is 3. The second-order valence-electron chi connectivity index (χ2n) is 5.77. The molecule has 6 heteroatoms. The molecule has 0 aliphatic carbocycles. The molecule has 0 aliphatic rings. The number of para-hydroxylation sites is 1. The summed E-state index contributed by atoms with van der Waals surface area (Å²) in [5.41, 5.74) is 4.35. The highest BCUT2D eigenvalue weighted by atomic mass is 35.5. The number of carbonyl (C=O) groups excluding carboxylic acids is 1. The van der Waals surface area contributed by atoms with Crippen molar-refractivity contribution in [2.24, 2.45) is 0 Å². The molecule has 1 aromatic heterocycles. The lowest BCUT2D eigenvalue weighted by Crippen LogP contribution is -2.21. The molecule has 0 bridgehead atoms. The highest BCUT2D eigenvalue weighted by Crippen LogP contribution is 2.20. The van der Waals surface area contributed by atoms with Gasteiger partial charge in [0, 0.05) is 11.4 Å². The molecule has 0 saturated heterocycles. The standard InChI is InChI=1S/C19H19ClN4O/c1-13-10-14(2)24(23-13)16-7-5-6-15(11-16)22-19(25)12-21-18-9-4-3-8-17(18)20/h3-11,21H,12H2,1-2H3,(H,22,25). The Hall–Kier alpha value is -2.79. The molecule has 0 radical (unpaired) electrons. The second kappa shape index (κ2) is 7.40. The summed E-state index contributed by atoms with van der Waals surface area (Å²) in [7, 11) is 0. The molecule has 0 unspecified atom stereocenters. The summed E-state index contributed by atoms with van der Waals surface area (Å²) in [4.78, 5) is 12.2. The predicted molar refractivity (Wildman–Crippen MR) is 102 cm³/mol. The van der Waals surface area contributed by atoms with Gasteiger partial charge in [-0.2, -0.15) is 5.10 Å². The maximum Gasteiger partial charge on any atom is 0.243 e. The average Bonchev–Trinajstić information content (AvgIpc) is 2.93. The van der Waals surface area contributed by atoms with E-state index >= 15 is 0 Å². The van der Waals surface area contributed by atoms with Crippen LogP contribution < -0.4 is 10.6 Å². The Morgan fingerprint density at radius 1 is 1.12 bits per heavy atom. The van der Waals surface area contributed by atoms with Gasteiger partial charge in [-0.05, 0) is 50.2 Å². The van der Waals surface area contributed by atoms with Crippen LogP contribution in [0.25, 0.3) is 5.69 Å². The van der Waals surface area contributed by atoms with E-state index in [1.807, 2.05) is 67.1 Å². The number of carbonyl (C=O) groups is 1. The van der Waals surface area contributed by atoms with Gasteiger partial charge in [0.15, 0.2) is 0 Å². The zero-order chi connectivity index (χ0) is 17.8. The molecule has 0 atom stereocenters. The van der Waals surface area contributed by atoms with Crippen LogP contribution in [-0.4, -0.2) is 22.2 Å². The van der Waals surface area contributed by atoms with Crippen LogP contribution >= 0.6 is 11.6 Å². The van der Waals surface area contributed by atoms with Crippen molar-refractivity contribution in [3.8, 4) is 5.69 Å². The monoisotopic (exact) mass is 354 g/mol. The van der Waals surface area contributed by atoms with Crippen LogP contribution in [0.2, 0.25) is 5.02 Å². The smallest absolute Gasteiger partial charge is 0.243 e. The Balaban J connectivity index is 1.67. The number of nitrogens with zero attached hydrogens (tertiary/aromatic N) is 2. The topological polar surface area (TPSA) is 59.0 Å². The molecule has 2 N–H and O–H groups in total. The fourth-order valence-electron chi connectivity index (χ4n) is 2.59. The summed E-state index contributed by atoms with van der Waals surface area (Å²) in [5.74, 6) is -0.148. The number of nitrogens with one attached hydrogen (secondary N) is 2. The summed E-state index contributed by atoms with van der Waals surface area (Å²) < 4.78 is 1.85. The number of hydrogen-bond donors (Lipinski definition) is 2. The maximum absolute atomic E-state index is 12.2. The molecule has 1 amide bonds. The van der Waals surface area contributed by atoms with Crippen molar-refractivity contribution >= 4 is 28.9 Å². The quantitative estimate of drug-likeness (QED) is 0.722. The minimum absolute atomic E-state index is 0.133. The minimum Gasteiger partial charge on any atom is -0.375 e. The van der Waals surface area contributed by atoms with E-state index in [4.69, 9.17) is 11.6 Å².